The van der Waals surface area contributed by atoms with Crippen LogP contribution in [0.4, 0.5) is 5.69 Å². The van der Waals surface area contributed by atoms with E-state index in [1.807, 2.05) is 6.07 Å². The van der Waals surface area contributed by atoms with Crippen LogP contribution in [0.2, 0.25) is 0 Å². The van der Waals surface area contributed by atoms with Crippen molar-refractivity contribution in [1.29, 1.82) is 5.26 Å². The van der Waals surface area contributed by atoms with E-state index in [1.54, 1.807) is 0 Å². The van der Waals surface area contributed by atoms with Gasteiger partial charge in [0.2, 0.25) is 5.12 Å². The molecule has 0 bridgehead atoms. The lowest BCUT2D eigenvalue weighted by Crippen LogP contribution is -1.95. The first-order valence-electron chi connectivity index (χ1n) is 3.93. The predicted octanol–water partition coefficient (Wildman–Crippen LogP) is 1.99. The Kier molecular flexibility index (Phi) is 3.83. The third-order valence-corrected chi connectivity index (χ3v) is 2.35. The average Bonchev–Trinajstić information content (AvgIpc) is 2.26. The summed E-state index contributed by atoms with van der Waals surface area (Å²) in [5.74, 6) is 0.0792. The molecule has 0 unspecified atom stereocenters. The number of carbonyl (C=O) groups is 1. The lowest BCUT2D eigenvalue weighted by Gasteiger charge is -1.96. The molecule has 0 aliphatic heterocycles. The largest absolute Gasteiger partial charge is 0.282 e. The molecule has 1 aromatic carbocycles. The van der Waals surface area contributed by atoms with E-state index >= 15 is 0 Å². The van der Waals surface area contributed by atoms with Crippen molar-refractivity contribution >= 4 is 22.6 Å². The van der Waals surface area contributed by atoms with Gasteiger partial charge in [0.1, 0.15) is 0 Å². The molecule has 5 nitrogen and oxygen atoms in total. The molecule has 0 aliphatic carbocycles. The maximum absolute atomic E-state index is 11.3. The van der Waals surface area contributed by atoms with Gasteiger partial charge < -0.3 is 0 Å². The van der Waals surface area contributed by atoms with E-state index in [4.69, 9.17) is 5.26 Å². The molecule has 0 fully saturated rings. The van der Waals surface area contributed by atoms with E-state index < -0.39 is 4.92 Å². The van der Waals surface area contributed by atoms with Gasteiger partial charge in [-0.2, -0.15) is 5.26 Å². The molecule has 0 saturated carbocycles. The Hall–Kier alpha value is -1.87. The summed E-state index contributed by atoms with van der Waals surface area (Å²) in [6, 6.07) is 7.12. The molecule has 6 heteroatoms. The summed E-state index contributed by atoms with van der Waals surface area (Å²) in [4.78, 5) is 21.1. The zero-order chi connectivity index (χ0) is 11.3. The molecular formula is C9H6N2O3S. The molecule has 0 spiro atoms. The zero-order valence-electron chi connectivity index (χ0n) is 7.54. The molecule has 0 aromatic heterocycles. The number of rotatable bonds is 3. The van der Waals surface area contributed by atoms with Crippen molar-refractivity contribution in [2.75, 3.05) is 5.75 Å². The summed E-state index contributed by atoms with van der Waals surface area (Å²) < 4.78 is 0. The molecule has 0 N–H and O–H groups in total. The summed E-state index contributed by atoms with van der Waals surface area (Å²) in [5, 5.41) is 18.3. The molecule has 0 radical (unpaired) electrons. The summed E-state index contributed by atoms with van der Waals surface area (Å²) >= 11 is 0.874. The first-order valence-corrected chi connectivity index (χ1v) is 4.92. The van der Waals surface area contributed by atoms with Crippen LogP contribution in [0.3, 0.4) is 0 Å². The number of benzene rings is 1. The SMILES string of the molecule is N#CCSC(=O)c1ccc([N+](=O)[O-])cc1. The first-order chi connectivity index (χ1) is 7.15. The number of hydrogen-bond acceptors (Lipinski definition) is 5. The van der Waals surface area contributed by atoms with Crippen molar-refractivity contribution in [2.45, 2.75) is 0 Å². The van der Waals surface area contributed by atoms with Crippen LogP contribution in [0.1, 0.15) is 10.4 Å². The van der Waals surface area contributed by atoms with E-state index in [-0.39, 0.29) is 16.6 Å². The highest BCUT2D eigenvalue weighted by atomic mass is 32.2. The zero-order valence-corrected chi connectivity index (χ0v) is 8.36. The summed E-state index contributed by atoms with van der Waals surface area (Å²) in [6.45, 7) is 0. The Morgan fingerprint density at radius 1 is 1.47 bits per heavy atom. The lowest BCUT2D eigenvalue weighted by molar-refractivity contribution is -0.384. The molecule has 76 valence electrons. The summed E-state index contributed by atoms with van der Waals surface area (Å²) in [7, 11) is 0. The summed E-state index contributed by atoms with van der Waals surface area (Å²) in [5.41, 5.74) is 0.303. The van der Waals surface area contributed by atoms with Crippen molar-refractivity contribution in [3.05, 3.63) is 39.9 Å². The van der Waals surface area contributed by atoms with Crippen LogP contribution in [-0.2, 0) is 0 Å². The number of non-ortho nitro benzene ring substituents is 1. The molecule has 1 aromatic rings. The van der Waals surface area contributed by atoms with Gasteiger partial charge in [0.15, 0.2) is 0 Å². The van der Waals surface area contributed by atoms with Gasteiger partial charge in [-0.25, -0.2) is 0 Å². The Balaban J connectivity index is 2.76. The maximum Gasteiger partial charge on any atom is 0.269 e. The third kappa shape index (κ3) is 3.07. The van der Waals surface area contributed by atoms with Crippen molar-refractivity contribution in [1.82, 2.24) is 0 Å². The second kappa shape index (κ2) is 5.12. The highest BCUT2D eigenvalue weighted by Crippen LogP contribution is 2.16. The second-order valence-electron chi connectivity index (χ2n) is 2.54. The molecule has 1 rings (SSSR count). The van der Waals surface area contributed by atoms with Gasteiger partial charge in [-0.1, -0.05) is 11.8 Å². The van der Waals surface area contributed by atoms with Crippen LogP contribution in [0.15, 0.2) is 24.3 Å². The van der Waals surface area contributed by atoms with Crippen LogP contribution in [0.25, 0.3) is 0 Å². The maximum atomic E-state index is 11.3. The number of nitriles is 1. The number of thioether (sulfide) groups is 1. The highest BCUT2D eigenvalue weighted by Gasteiger charge is 2.09. The van der Waals surface area contributed by atoms with E-state index in [0.717, 1.165) is 11.8 Å². The molecule has 0 atom stereocenters. The van der Waals surface area contributed by atoms with Gasteiger partial charge in [0, 0.05) is 17.7 Å². The first kappa shape index (κ1) is 11.2. The Morgan fingerprint density at radius 3 is 2.53 bits per heavy atom. The van der Waals surface area contributed by atoms with Crippen LogP contribution in [0, 0.1) is 21.4 Å². The van der Waals surface area contributed by atoms with E-state index in [2.05, 4.69) is 0 Å². The smallest absolute Gasteiger partial charge is 0.269 e. The van der Waals surface area contributed by atoms with Crippen molar-refractivity contribution < 1.29 is 9.72 Å². The normalized spacial score (nSPS) is 9.27. The predicted molar refractivity (Wildman–Crippen MR) is 55.5 cm³/mol. The van der Waals surface area contributed by atoms with Gasteiger partial charge in [0.25, 0.3) is 5.69 Å². The highest BCUT2D eigenvalue weighted by molar-refractivity contribution is 8.14. The molecule has 0 saturated heterocycles. The molecule has 15 heavy (non-hydrogen) atoms. The van der Waals surface area contributed by atoms with Gasteiger partial charge in [-0.05, 0) is 12.1 Å². The third-order valence-electron chi connectivity index (χ3n) is 1.58. The Morgan fingerprint density at radius 2 is 2.07 bits per heavy atom. The monoisotopic (exact) mass is 222 g/mol. The Bertz CT molecular complexity index is 422. The number of carbonyl (C=O) groups excluding carboxylic acids is 1. The standard InChI is InChI=1S/C9H6N2O3S/c10-5-6-15-9(12)7-1-3-8(4-2-7)11(13)14/h1-4H,6H2. The molecule has 0 aliphatic rings. The fourth-order valence-corrected chi connectivity index (χ4v) is 1.40. The van der Waals surface area contributed by atoms with Crippen LogP contribution in [0.5, 0.6) is 0 Å². The van der Waals surface area contributed by atoms with Gasteiger partial charge in [-0.3, -0.25) is 14.9 Å². The van der Waals surface area contributed by atoms with Crippen LogP contribution < -0.4 is 0 Å². The average molecular weight is 222 g/mol. The van der Waals surface area contributed by atoms with Gasteiger partial charge >= 0.3 is 0 Å². The minimum Gasteiger partial charge on any atom is -0.282 e. The van der Waals surface area contributed by atoms with Crippen molar-refractivity contribution in [3.63, 3.8) is 0 Å². The topological polar surface area (TPSA) is 84.0 Å². The minimum atomic E-state index is -0.531. The number of nitro groups is 1. The molecule has 0 amide bonds. The van der Waals surface area contributed by atoms with E-state index in [9.17, 15) is 14.9 Å². The van der Waals surface area contributed by atoms with E-state index in [0.29, 0.717) is 5.56 Å². The number of hydrogen-bond donors (Lipinski definition) is 0. The van der Waals surface area contributed by atoms with Crippen LogP contribution in [-0.4, -0.2) is 15.8 Å². The number of nitro benzene ring substituents is 1. The number of nitrogens with zero attached hydrogens (tertiary/aromatic N) is 2. The van der Waals surface area contributed by atoms with Gasteiger partial charge in [-0.15, -0.1) is 0 Å². The van der Waals surface area contributed by atoms with Crippen LogP contribution >= 0.6 is 11.8 Å². The second-order valence-corrected chi connectivity index (χ2v) is 3.49. The van der Waals surface area contributed by atoms with Crippen molar-refractivity contribution in [3.8, 4) is 6.07 Å². The summed E-state index contributed by atoms with van der Waals surface area (Å²) in [6.07, 6.45) is 0. The van der Waals surface area contributed by atoms with E-state index in [1.165, 1.54) is 24.3 Å². The fourth-order valence-electron chi connectivity index (χ4n) is 0.900. The quantitative estimate of drug-likeness (QED) is 0.576. The van der Waals surface area contributed by atoms with Crippen molar-refractivity contribution in [2.24, 2.45) is 0 Å². The minimum absolute atomic E-state index is 0.0585. The fraction of sp³-hybridized carbons (Fsp3) is 0.111. The Labute approximate surface area is 89.9 Å². The molecular weight excluding hydrogens is 216 g/mol. The van der Waals surface area contributed by atoms with Gasteiger partial charge in [0.05, 0.1) is 16.7 Å². The molecule has 0 heterocycles. The lowest BCUT2D eigenvalue weighted by atomic mass is 10.2.